The number of piperazine rings is 1. The molecule has 21 heavy (non-hydrogen) atoms. The number of nitrogens with zero attached hydrogens (tertiary/aromatic N) is 1. The molecule has 1 N–H and O–H groups in total. The van der Waals surface area contributed by atoms with Gasteiger partial charge in [-0.2, -0.15) is 0 Å². The second-order valence-electron chi connectivity index (χ2n) is 6.07. The molecule has 0 spiro atoms. The minimum atomic E-state index is -0.723. The normalized spacial score (nSPS) is 19.1. The molecule has 1 unspecified atom stereocenters. The van der Waals surface area contributed by atoms with E-state index in [1.165, 1.54) is 12.7 Å². The van der Waals surface area contributed by atoms with Gasteiger partial charge in [-0.15, -0.1) is 0 Å². The largest absolute Gasteiger partial charge is 0.467 e. The summed E-state index contributed by atoms with van der Waals surface area (Å²) in [6.07, 6.45) is 0. The van der Waals surface area contributed by atoms with Crippen molar-refractivity contribution in [2.75, 3.05) is 33.3 Å². The number of ether oxygens (including phenoxy) is 1. The van der Waals surface area contributed by atoms with Crippen LogP contribution in [0.15, 0.2) is 12.1 Å². The van der Waals surface area contributed by atoms with Gasteiger partial charge in [0.25, 0.3) is 0 Å². The molecule has 1 aliphatic heterocycles. The molecule has 4 heteroatoms. The van der Waals surface area contributed by atoms with Crippen LogP contribution in [-0.4, -0.2) is 44.2 Å². The maximum absolute atomic E-state index is 12.6. The van der Waals surface area contributed by atoms with Crippen LogP contribution in [0.5, 0.6) is 0 Å². The molecule has 1 aromatic carbocycles. The van der Waals surface area contributed by atoms with Gasteiger partial charge in [0.2, 0.25) is 0 Å². The molecule has 0 saturated carbocycles. The van der Waals surface area contributed by atoms with E-state index in [0.29, 0.717) is 0 Å². The summed E-state index contributed by atoms with van der Waals surface area (Å²) in [6, 6.07) is 4.29. The number of benzene rings is 1. The summed E-state index contributed by atoms with van der Waals surface area (Å²) in [6.45, 7) is 11.7. The van der Waals surface area contributed by atoms with Crippen LogP contribution in [-0.2, 0) is 15.1 Å². The molecule has 1 aliphatic rings. The summed E-state index contributed by atoms with van der Waals surface area (Å²) in [5, 5.41) is 3.34. The molecule has 0 radical (unpaired) electrons. The predicted molar refractivity (Wildman–Crippen MR) is 84.5 cm³/mol. The van der Waals surface area contributed by atoms with Gasteiger partial charge in [-0.1, -0.05) is 17.7 Å². The maximum Gasteiger partial charge on any atom is 0.330 e. The van der Waals surface area contributed by atoms with E-state index in [1.807, 2.05) is 6.92 Å². The minimum absolute atomic E-state index is 0.181. The molecule has 0 aromatic heterocycles. The Hall–Kier alpha value is -1.39. The van der Waals surface area contributed by atoms with Crippen LogP contribution in [0.3, 0.4) is 0 Å². The molecule has 0 amide bonds. The summed E-state index contributed by atoms with van der Waals surface area (Å²) in [7, 11) is 1.47. The Morgan fingerprint density at radius 1 is 1.19 bits per heavy atom. The van der Waals surface area contributed by atoms with Gasteiger partial charge in [-0.05, 0) is 44.4 Å². The fraction of sp³-hybridized carbons (Fsp3) is 0.588. The van der Waals surface area contributed by atoms with E-state index in [1.54, 1.807) is 0 Å². The summed E-state index contributed by atoms with van der Waals surface area (Å²) in [5.74, 6) is -0.181. The summed E-state index contributed by atoms with van der Waals surface area (Å²) >= 11 is 0. The number of carbonyl (C=O) groups excluding carboxylic acids is 1. The Bertz CT molecular complexity index is 513. The lowest BCUT2D eigenvalue weighted by molar-refractivity contribution is -0.155. The van der Waals surface area contributed by atoms with E-state index in [4.69, 9.17) is 4.74 Å². The molecule has 4 nitrogen and oxygen atoms in total. The first-order chi connectivity index (χ1) is 9.91. The number of hydrogen-bond acceptors (Lipinski definition) is 4. The van der Waals surface area contributed by atoms with Crippen molar-refractivity contribution in [3.63, 3.8) is 0 Å². The van der Waals surface area contributed by atoms with Crippen molar-refractivity contribution in [2.45, 2.75) is 33.2 Å². The average Bonchev–Trinajstić information content (AvgIpc) is 2.45. The van der Waals surface area contributed by atoms with Crippen molar-refractivity contribution < 1.29 is 9.53 Å². The van der Waals surface area contributed by atoms with Crippen molar-refractivity contribution in [1.82, 2.24) is 10.2 Å². The molecule has 1 aromatic rings. The lowest BCUT2D eigenvalue weighted by atomic mass is 9.82. The second-order valence-corrected chi connectivity index (χ2v) is 6.07. The van der Waals surface area contributed by atoms with Crippen LogP contribution in [0.1, 0.15) is 29.2 Å². The van der Waals surface area contributed by atoms with Crippen LogP contribution in [0.2, 0.25) is 0 Å². The first-order valence-corrected chi connectivity index (χ1v) is 7.53. The smallest absolute Gasteiger partial charge is 0.330 e. The number of esters is 1. The molecule has 1 saturated heterocycles. The van der Waals surface area contributed by atoms with E-state index in [-0.39, 0.29) is 5.97 Å². The van der Waals surface area contributed by atoms with Crippen molar-refractivity contribution in [3.8, 4) is 0 Å². The number of rotatable bonds is 3. The molecule has 0 bridgehead atoms. The van der Waals surface area contributed by atoms with Crippen molar-refractivity contribution >= 4 is 5.97 Å². The van der Waals surface area contributed by atoms with Crippen molar-refractivity contribution in [1.29, 1.82) is 0 Å². The second kappa shape index (κ2) is 6.16. The lowest BCUT2D eigenvalue weighted by Gasteiger charge is -2.43. The van der Waals surface area contributed by atoms with E-state index in [2.05, 4.69) is 43.1 Å². The fourth-order valence-electron chi connectivity index (χ4n) is 3.65. The summed E-state index contributed by atoms with van der Waals surface area (Å²) in [4.78, 5) is 14.9. The Morgan fingerprint density at radius 2 is 1.71 bits per heavy atom. The maximum atomic E-state index is 12.6. The number of methoxy groups -OCH3 is 1. The van der Waals surface area contributed by atoms with Gasteiger partial charge < -0.3 is 10.1 Å². The van der Waals surface area contributed by atoms with Gasteiger partial charge in [0.1, 0.15) is 5.54 Å². The highest BCUT2D eigenvalue weighted by molar-refractivity contribution is 5.83. The number of nitrogens with one attached hydrogen (secondary N) is 1. The van der Waals surface area contributed by atoms with Gasteiger partial charge >= 0.3 is 5.97 Å². The van der Waals surface area contributed by atoms with Gasteiger partial charge in [-0.25, -0.2) is 4.79 Å². The third-order valence-corrected chi connectivity index (χ3v) is 4.50. The monoisotopic (exact) mass is 290 g/mol. The molecule has 1 heterocycles. The zero-order valence-electron chi connectivity index (χ0n) is 13.7. The van der Waals surface area contributed by atoms with E-state index >= 15 is 0 Å². The molecule has 116 valence electrons. The average molecular weight is 290 g/mol. The molecular weight excluding hydrogens is 264 g/mol. The molecule has 1 fully saturated rings. The SMILES string of the molecule is COC(=O)C(C)(c1c(C)cc(C)cc1C)N1CCNCC1. The Labute approximate surface area is 127 Å². The third-order valence-electron chi connectivity index (χ3n) is 4.50. The van der Waals surface area contributed by atoms with Crippen LogP contribution in [0, 0.1) is 20.8 Å². The van der Waals surface area contributed by atoms with Crippen LogP contribution < -0.4 is 5.32 Å². The lowest BCUT2D eigenvalue weighted by Crippen LogP contribution is -2.57. The van der Waals surface area contributed by atoms with Crippen LogP contribution in [0.4, 0.5) is 0 Å². The van der Waals surface area contributed by atoms with E-state index in [9.17, 15) is 4.79 Å². The number of aryl methyl sites for hydroxylation is 3. The number of carbonyl (C=O) groups is 1. The fourth-order valence-corrected chi connectivity index (χ4v) is 3.65. The van der Waals surface area contributed by atoms with Crippen LogP contribution in [0.25, 0.3) is 0 Å². The van der Waals surface area contributed by atoms with E-state index < -0.39 is 5.54 Å². The third kappa shape index (κ3) is 2.83. The first kappa shape index (κ1) is 16.0. The number of hydrogen-bond donors (Lipinski definition) is 1. The summed E-state index contributed by atoms with van der Waals surface area (Å²) < 4.78 is 5.16. The predicted octanol–water partition coefficient (Wildman–Crippen LogP) is 1.91. The zero-order chi connectivity index (χ0) is 15.6. The van der Waals surface area contributed by atoms with Gasteiger partial charge in [-0.3, -0.25) is 4.90 Å². The van der Waals surface area contributed by atoms with E-state index in [0.717, 1.165) is 42.9 Å². The van der Waals surface area contributed by atoms with Crippen molar-refractivity contribution in [2.24, 2.45) is 0 Å². The zero-order valence-corrected chi connectivity index (χ0v) is 13.7. The molecule has 2 rings (SSSR count). The highest BCUT2D eigenvalue weighted by Crippen LogP contribution is 2.35. The topological polar surface area (TPSA) is 41.6 Å². The highest BCUT2D eigenvalue weighted by Gasteiger charge is 2.44. The van der Waals surface area contributed by atoms with Crippen molar-refractivity contribution in [3.05, 3.63) is 34.4 Å². The highest BCUT2D eigenvalue weighted by atomic mass is 16.5. The molecule has 0 aliphatic carbocycles. The van der Waals surface area contributed by atoms with Gasteiger partial charge in [0.15, 0.2) is 0 Å². The molecular formula is C17H26N2O2. The standard InChI is InChI=1S/C17H26N2O2/c1-12-10-13(2)15(14(3)11-12)17(4,16(20)21-5)19-8-6-18-7-9-19/h10-11,18H,6-9H2,1-5H3. The Kier molecular flexibility index (Phi) is 4.69. The van der Waals surface area contributed by atoms with Crippen LogP contribution >= 0.6 is 0 Å². The molecule has 1 atom stereocenters. The first-order valence-electron chi connectivity index (χ1n) is 7.53. The quantitative estimate of drug-likeness (QED) is 0.864. The minimum Gasteiger partial charge on any atom is -0.467 e. The Morgan fingerprint density at radius 3 is 2.19 bits per heavy atom. The van der Waals surface area contributed by atoms with Gasteiger partial charge in [0, 0.05) is 26.2 Å². The Balaban J connectivity index is 2.57. The van der Waals surface area contributed by atoms with Gasteiger partial charge in [0.05, 0.1) is 7.11 Å². The summed E-state index contributed by atoms with van der Waals surface area (Å²) in [5.41, 5.74) is 3.89.